The van der Waals surface area contributed by atoms with Crippen LogP contribution in [-0.2, 0) is 16.2 Å². The number of para-hydroxylation sites is 1. The molecule has 3 nitrogen and oxygen atoms in total. The van der Waals surface area contributed by atoms with Gasteiger partial charge < -0.3 is 14.2 Å². The van der Waals surface area contributed by atoms with E-state index < -0.39 is 17.6 Å². The second-order valence-electron chi connectivity index (χ2n) is 20.7. The van der Waals surface area contributed by atoms with Gasteiger partial charge >= 0.3 is 0 Å². The minimum Gasteiger partial charge on any atom is -0.455 e. The SMILES string of the molecule is C[SiH](C)c1ccc(N(c2ccc(C(C)(C)C)cc2)c2ccc3c(c2)C(C)(C)c2cc(N(c4ccc([SiH](C)C)cc4)c4ccc(C(C)(C)C)cc4)c4c(oc5ccccc54)c2-3)cc1. The van der Waals surface area contributed by atoms with Gasteiger partial charge in [-0.25, -0.2) is 0 Å². The Balaban J connectivity index is 1.26. The molecule has 7 aromatic carbocycles. The van der Waals surface area contributed by atoms with Crippen LogP contribution < -0.4 is 20.2 Å². The van der Waals surface area contributed by atoms with E-state index in [1.807, 2.05) is 0 Å². The van der Waals surface area contributed by atoms with E-state index in [9.17, 15) is 0 Å². The summed E-state index contributed by atoms with van der Waals surface area (Å²) in [6, 6.07) is 55.2. The van der Waals surface area contributed by atoms with Gasteiger partial charge in [0.25, 0.3) is 0 Å². The molecule has 5 heteroatoms. The van der Waals surface area contributed by atoms with Crippen molar-refractivity contribution in [2.24, 2.45) is 0 Å². The molecule has 0 fully saturated rings. The molecule has 0 atom stereocenters. The minimum atomic E-state index is -0.985. The fraction of sp³-hybridized carbons (Fsp3) is 0.263. The third kappa shape index (κ3) is 7.23. The number of hydrogen-bond acceptors (Lipinski definition) is 3. The lowest BCUT2D eigenvalue weighted by molar-refractivity contribution is 0.590. The third-order valence-corrected chi connectivity index (χ3v) is 16.8. The van der Waals surface area contributed by atoms with E-state index >= 15 is 0 Å². The van der Waals surface area contributed by atoms with Gasteiger partial charge in [0.15, 0.2) is 0 Å². The maximum absolute atomic E-state index is 7.08. The summed E-state index contributed by atoms with van der Waals surface area (Å²) in [7, 11) is -1.93. The van der Waals surface area contributed by atoms with Crippen molar-refractivity contribution in [3.05, 3.63) is 168 Å². The predicted octanol–water partition coefficient (Wildman–Crippen LogP) is 14.8. The van der Waals surface area contributed by atoms with Gasteiger partial charge in [-0.15, -0.1) is 0 Å². The van der Waals surface area contributed by atoms with E-state index in [2.05, 4.69) is 237 Å². The predicted molar refractivity (Wildman–Crippen MR) is 275 cm³/mol. The molecule has 1 heterocycles. The fourth-order valence-electron chi connectivity index (χ4n) is 9.48. The van der Waals surface area contributed by atoms with Gasteiger partial charge in [-0.1, -0.05) is 165 Å². The average Bonchev–Trinajstić information content (AvgIpc) is 3.73. The summed E-state index contributed by atoms with van der Waals surface area (Å²) >= 11 is 0. The first-order valence-electron chi connectivity index (χ1n) is 22.6. The van der Waals surface area contributed by atoms with Gasteiger partial charge in [-0.05, 0) is 111 Å². The zero-order valence-corrected chi connectivity index (χ0v) is 41.1. The molecule has 9 rings (SSSR count). The summed E-state index contributed by atoms with van der Waals surface area (Å²) in [6.07, 6.45) is 0. The van der Waals surface area contributed by atoms with Crippen LogP contribution in [0.3, 0.4) is 0 Å². The number of anilines is 6. The molecule has 314 valence electrons. The Bertz CT molecular complexity index is 2930. The van der Waals surface area contributed by atoms with Gasteiger partial charge in [-0.3, -0.25) is 0 Å². The molecule has 0 aliphatic heterocycles. The summed E-state index contributed by atoms with van der Waals surface area (Å²) in [4.78, 5) is 4.91. The van der Waals surface area contributed by atoms with Crippen molar-refractivity contribution in [1.29, 1.82) is 0 Å². The van der Waals surface area contributed by atoms with Gasteiger partial charge in [0.1, 0.15) is 11.2 Å². The number of nitrogens with zero attached hydrogens (tertiary/aromatic N) is 2. The Labute approximate surface area is 373 Å². The molecule has 1 aromatic heterocycles. The van der Waals surface area contributed by atoms with Crippen LogP contribution in [0.5, 0.6) is 0 Å². The molecule has 0 radical (unpaired) electrons. The Morgan fingerprint density at radius 3 is 1.42 bits per heavy atom. The van der Waals surface area contributed by atoms with E-state index in [1.165, 1.54) is 49.4 Å². The summed E-state index contributed by atoms with van der Waals surface area (Å²) in [5.74, 6) is 0. The van der Waals surface area contributed by atoms with Crippen molar-refractivity contribution in [2.45, 2.75) is 97.8 Å². The zero-order valence-electron chi connectivity index (χ0n) is 38.8. The Morgan fingerprint density at radius 2 is 0.935 bits per heavy atom. The highest BCUT2D eigenvalue weighted by Crippen LogP contribution is 2.57. The van der Waals surface area contributed by atoms with Gasteiger partial charge in [0.05, 0.1) is 28.7 Å². The molecule has 8 aromatic rings. The third-order valence-electron chi connectivity index (χ3n) is 13.4. The Hall–Kier alpha value is -5.63. The molecular weight excluding hydrogens is 785 g/mol. The van der Waals surface area contributed by atoms with Crippen LogP contribution in [0.1, 0.15) is 77.6 Å². The standard InChI is InChI=1S/C57H62N2OSi2/c1-55(2,3)37-17-21-39(22-18-37)58(40-25-30-44(31-26-40)61(9)10)43-29-34-46-48(35-43)57(7,8)49-36-50(53-47-15-13-14-16-51(47)60-54(53)52(46)49)59(42-27-32-45(33-28-42)62(11)12)41-23-19-38(20-24-41)56(4,5)6/h13-36,61-62H,1-12H3. The van der Waals surface area contributed by atoms with Crippen molar-refractivity contribution >= 4 is 84.0 Å². The molecule has 1 aliphatic rings. The second kappa shape index (κ2) is 15.3. The lowest BCUT2D eigenvalue weighted by atomic mass is 9.81. The number of rotatable bonds is 8. The lowest BCUT2D eigenvalue weighted by Gasteiger charge is -2.30. The van der Waals surface area contributed by atoms with E-state index in [-0.39, 0.29) is 16.2 Å². The Kier molecular flexibility index (Phi) is 10.3. The number of fused-ring (bicyclic) bond motifs is 7. The number of benzene rings is 7. The summed E-state index contributed by atoms with van der Waals surface area (Å²) < 4.78 is 7.08. The number of hydrogen-bond donors (Lipinski definition) is 0. The first-order valence-corrected chi connectivity index (χ1v) is 28.3. The normalized spacial score (nSPS) is 13.6. The lowest BCUT2D eigenvalue weighted by Crippen LogP contribution is -2.22. The number of furan rings is 1. The van der Waals surface area contributed by atoms with Crippen LogP contribution in [0, 0.1) is 0 Å². The highest BCUT2D eigenvalue weighted by Gasteiger charge is 2.40. The van der Waals surface area contributed by atoms with E-state index in [4.69, 9.17) is 4.42 Å². The van der Waals surface area contributed by atoms with Gasteiger partial charge in [0.2, 0.25) is 0 Å². The molecule has 0 unspecified atom stereocenters. The molecule has 62 heavy (non-hydrogen) atoms. The van der Waals surface area contributed by atoms with Crippen LogP contribution in [0.4, 0.5) is 34.1 Å². The molecule has 0 saturated heterocycles. The molecule has 1 aliphatic carbocycles. The van der Waals surface area contributed by atoms with E-state index in [0.29, 0.717) is 0 Å². The van der Waals surface area contributed by atoms with Crippen LogP contribution in [0.25, 0.3) is 33.1 Å². The first kappa shape index (κ1) is 41.7. The molecule has 0 N–H and O–H groups in total. The van der Waals surface area contributed by atoms with Crippen molar-refractivity contribution in [2.75, 3.05) is 9.80 Å². The van der Waals surface area contributed by atoms with Crippen LogP contribution >= 0.6 is 0 Å². The van der Waals surface area contributed by atoms with Gasteiger partial charge in [0, 0.05) is 44.8 Å². The molecule has 0 spiro atoms. The monoisotopic (exact) mass is 846 g/mol. The topological polar surface area (TPSA) is 19.6 Å². The maximum atomic E-state index is 7.08. The first-order chi connectivity index (χ1) is 29.4. The van der Waals surface area contributed by atoms with Crippen LogP contribution in [-0.4, -0.2) is 17.6 Å². The van der Waals surface area contributed by atoms with Crippen molar-refractivity contribution < 1.29 is 4.42 Å². The quantitative estimate of drug-likeness (QED) is 0.142. The molecular formula is C57H62N2OSi2. The maximum Gasteiger partial charge on any atom is 0.145 e. The second-order valence-corrected chi connectivity index (χ2v) is 26.7. The van der Waals surface area contributed by atoms with Crippen molar-refractivity contribution in [3.8, 4) is 11.1 Å². The summed E-state index contributed by atoms with van der Waals surface area (Å²) in [5.41, 5.74) is 16.2. The zero-order chi connectivity index (χ0) is 43.9. The largest absolute Gasteiger partial charge is 0.455 e. The smallest absolute Gasteiger partial charge is 0.145 e. The summed E-state index contributed by atoms with van der Waals surface area (Å²) in [5, 5.41) is 5.21. The fourth-order valence-corrected chi connectivity index (χ4v) is 11.4. The molecule has 0 amide bonds. The Morgan fingerprint density at radius 1 is 0.484 bits per heavy atom. The highest BCUT2D eigenvalue weighted by atomic mass is 28.3. The summed E-state index contributed by atoms with van der Waals surface area (Å²) in [6.45, 7) is 28.1. The minimum absolute atomic E-state index is 0.0493. The van der Waals surface area contributed by atoms with Crippen LogP contribution in [0.15, 0.2) is 150 Å². The van der Waals surface area contributed by atoms with E-state index in [0.717, 1.165) is 50.4 Å². The van der Waals surface area contributed by atoms with Crippen LogP contribution in [0.2, 0.25) is 26.2 Å². The average molecular weight is 847 g/mol. The highest BCUT2D eigenvalue weighted by molar-refractivity contribution is 6.71. The van der Waals surface area contributed by atoms with Crippen molar-refractivity contribution in [1.82, 2.24) is 0 Å². The van der Waals surface area contributed by atoms with Crippen molar-refractivity contribution in [3.63, 3.8) is 0 Å². The molecule has 0 bridgehead atoms. The molecule has 0 saturated carbocycles. The van der Waals surface area contributed by atoms with Gasteiger partial charge in [-0.2, -0.15) is 0 Å². The van der Waals surface area contributed by atoms with E-state index in [1.54, 1.807) is 0 Å².